The van der Waals surface area contributed by atoms with E-state index in [1.807, 2.05) is 6.20 Å². The van der Waals surface area contributed by atoms with E-state index in [2.05, 4.69) is 28.9 Å². The summed E-state index contributed by atoms with van der Waals surface area (Å²) in [5.41, 5.74) is 2.63. The van der Waals surface area contributed by atoms with E-state index in [9.17, 15) is 0 Å². The van der Waals surface area contributed by atoms with Crippen molar-refractivity contribution in [3.63, 3.8) is 0 Å². The van der Waals surface area contributed by atoms with Crippen molar-refractivity contribution in [3.8, 4) is 0 Å². The highest BCUT2D eigenvalue weighted by molar-refractivity contribution is 5.14. The van der Waals surface area contributed by atoms with Crippen LogP contribution in [0.2, 0.25) is 0 Å². The summed E-state index contributed by atoms with van der Waals surface area (Å²) in [7, 11) is 0. The van der Waals surface area contributed by atoms with Crippen LogP contribution in [0.1, 0.15) is 30.1 Å². The second kappa shape index (κ2) is 3.50. The van der Waals surface area contributed by atoms with E-state index in [0.717, 1.165) is 13.1 Å². The van der Waals surface area contributed by atoms with Gasteiger partial charge in [-0.25, -0.2) is 0 Å². The molecule has 1 fully saturated rings. The van der Waals surface area contributed by atoms with Crippen molar-refractivity contribution < 1.29 is 0 Å². The molecule has 0 amide bonds. The summed E-state index contributed by atoms with van der Waals surface area (Å²) in [6, 6.07) is 0.620. The number of hydrogen-bond acceptors (Lipinski definition) is 2. The van der Waals surface area contributed by atoms with E-state index in [4.69, 9.17) is 0 Å². The molecular formula is C10H17N3. The Labute approximate surface area is 79.1 Å². The Hall–Kier alpha value is -0.830. The maximum atomic E-state index is 4.43. The van der Waals surface area contributed by atoms with Crippen LogP contribution >= 0.6 is 0 Å². The first kappa shape index (κ1) is 8.75. The number of aryl methyl sites for hydroxylation is 1. The maximum absolute atomic E-state index is 4.43. The van der Waals surface area contributed by atoms with E-state index >= 15 is 0 Å². The molecule has 0 unspecified atom stereocenters. The van der Waals surface area contributed by atoms with Crippen molar-refractivity contribution in [2.75, 3.05) is 13.1 Å². The van der Waals surface area contributed by atoms with Crippen molar-refractivity contribution in [1.82, 2.24) is 15.1 Å². The molecule has 3 nitrogen and oxygen atoms in total. The summed E-state index contributed by atoms with van der Waals surface area (Å²) < 4.78 is 2.19. The molecule has 0 aliphatic carbocycles. The van der Waals surface area contributed by atoms with Gasteiger partial charge in [-0.1, -0.05) is 0 Å². The number of hydrogen-bond donors (Lipinski definition) is 1. The summed E-state index contributed by atoms with van der Waals surface area (Å²) in [5, 5.41) is 7.80. The number of nitrogens with zero attached hydrogens (tertiary/aromatic N) is 2. The van der Waals surface area contributed by atoms with Crippen LogP contribution in [0.4, 0.5) is 0 Å². The second-order valence-electron chi connectivity index (χ2n) is 3.84. The van der Waals surface area contributed by atoms with Gasteiger partial charge in [-0.05, 0) is 45.3 Å². The summed E-state index contributed by atoms with van der Waals surface area (Å²) >= 11 is 0. The van der Waals surface area contributed by atoms with Crippen LogP contribution in [-0.2, 0) is 0 Å². The van der Waals surface area contributed by atoms with Gasteiger partial charge in [-0.3, -0.25) is 4.68 Å². The molecular weight excluding hydrogens is 162 g/mol. The lowest BCUT2D eigenvalue weighted by Crippen LogP contribution is -2.30. The van der Waals surface area contributed by atoms with Crippen molar-refractivity contribution in [3.05, 3.63) is 17.5 Å². The zero-order chi connectivity index (χ0) is 9.26. The van der Waals surface area contributed by atoms with Gasteiger partial charge < -0.3 is 5.32 Å². The minimum atomic E-state index is 0.620. The highest BCUT2D eigenvalue weighted by Gasteiger charge is 2.17. The molecule has 13 heavy (non-hydrogen) atoms. The third-order valence-corrected chi connectivity index (χ3v) is 2.94. The van der Waals surface area contributed by atoms with Crippen molar-refractivity contribution in [2.24, 2.45) is 0 Å². The van der Waals surface area contributed by atoms with Crippen LogP contribution in [0.25, 0.3) is 0 Å². The van der Waals surface area contributed by atoms with Gasteiger partial charge in [0.1, 0.15) is 0 Å². The van der Waals surface area contributed by atoms with Crippen molar-refractivity contribution >= 4 is 0 Å². The van der Waals surface area contributed by atoms with Gasteiger partial charge in [0.15, 0.2) is 0 Å². The lowest BCUT2D eigenvalue weighted by atomic mass is 10.1. The van der Waals surface area contributed by atoms with Crippen LogP contribution in [0.15, 0.2) is 6.20 Å². The second-order valence-corrected chi connectivity index (χ2v) is 3.84. The molecule has 2 heterocycles. The highest BCUT2D eigenvalue weighted by atomic mass is 15.3. The molecule has 0 saturated carbocycles. The third kappa shape index (κ3) is 1.61. The summed E-state index contributed by atoms with van der Waals surface area (Å²) in [6.07, 6.45) is 4.39. The molecule has 1 aromatic rings. The van der Waals surface area contributed by atoms with E-state index in [-0.39, 0.29) is 0 Å². The normalized spacial score (nSPS) is 19.2. The summed E-state index contributed by atoms with van der Waals surface area (Å²) in [5.74, 6) is 0. The van der Waals surface area contributed by atoms with Gasteiger partial charge in [-0.2, -0.15) is 5.10 Å². The molecule has 0 radical (unpaired) electrons. The molecule has 1 saturated heterocycles. The summed E-state index contributed by atoms with van der Waals surface area (Å²) in [6.45, 7) is 6.54. The molecule has 0 spiro atoms. The average Bonchev–Trinajstić information content (AvgIpc) is 2.49. The molecule has 3 heteroatoms. The Bertz CT molecular complexity index is 284. The lowest BCUT2D eigenvalue weighted by Gasteiger charge is -2.24. The van der Waals surface area contributed by atoms with Gasteiger partial charge in [-0.15, -0.1) is 0 Å². The zero-order valence-corrected chi connectivity index (χ0v) is 8.38. The highest BCUT2D eigenvalue weighted by Crippen LogP contribution is 2.20. The van der Waals surface area contributed by atoms with Crippen LogP contribution in [-0.4, -0.2) is 22.9 Å². The SMILES string of the molecule is Cc1cnn(C2CCNCC2)c1C. The monoisotopic (exact) mass is 179 g/mol. The smallest absolute Gasteiger partial charge is 0.0546 e. The Morgan fingerprint density at radius 1 is 1.38 bits per heavy atom. The molecule has 0 atom stereocenters. The van der Waals surface area contributed by atoms with E-state index in [1.54, 1.807) is 0 Å². The maximum Gasteiger partial charge on any atom is 0.0546 e. The van der Waals surface area contributed by atoms with Crippen LogP contribution in [0.5, 0.6) is 0 Å². The molecule has 2 rings (SSSR count). The lowest BCUT2D eigenvalue weighted by molar-refractivity contribution is 0.338. The fourth-order valence-corrected chi connectivity index (χ4v) is 1.93. The minimum absolute atomic E-state index is 0.620. The zero-order valence-electron chi connectivity index (χ0n) is 8.38. The van der Waals surface area contributed by atoms with Crippen LogP contribution in [0, 0.1) is 13.8 Å². The quantitative estimate of drug-likeness (QED) is 0.706. The van der Waals surface area contributed by atoms with Crippen molar-refractivity contribution in [1.29, 1.82) is 0 Å². The first-order valence-corrected chi connectivity index (χ1v) is 5.00. The molecule has 0 bridgehead atoms. The van der Waals surface area contributed by atoms with E-state index in [1.165, 1.54) is 24.1 Å². The van der Waals surface area contributed by atoms with E-state index in [0.29, 0.717) is 6.04 Å². The number of nitrogens with one attached hydrogen (secondary N) is 1. The Morgan fingerprint density at radius 2 is 2.08 bits per heavy atom. The summed E-state index contributed by atoms with van der Waals surface area (Å²) in [4.78, 5) is 0. The molecule has 0 aromatic carbocycles. The van der Waals surface area contributed by atoms with Gasteiger partial charge in [0, 0.05) is 5.69 Å². The fourth-order valence-electron chi connectivity index (χ4n) is 1.93. The van der Waals surface area contributed by atoms with Gasteiger partial charge in [0.05, 0.1) is 12.2 Å². The number of piperidine rings is 1. The molecule has 72 valence electrons. The predicted molar refractivity (Wildman–Crippen MR) is 52.8 cm³/mol. The predicted octanol–water partition coefficient (Wildman–Crippen LogP) is 1.42. The Balaban J connectivity index is 2.18. The Morgan fingerprint density at radius 3 is 2.62 bits per heavy atom. The number of aromatic nitrogens is 2. The van der Waals surface area contributed by atoms with Gasteiger partial charge in [0.25, 0.3) is 0 Å². The molecule has 1 aliphatic heterocycles. The molecule has 1 aliphatic rings. The Kier molecular flexibility index (Phi) is 2.36. The number of rotatable bonds is 1. The molecule has 1 N–H and O–H groups in total. The minimum Gasteiger partial charge on any atom is -0.317 e. The van der Waals surface area contributed by atoms with Gasteiger partial charge >= 0.3 is 0 Å². The standard InChI is InChI=1S/C10H17N3/c1-8-7-12-13(9(8)2)10-3-5-11-6-4-10/h7,10-11H,3-6H2,1-2H3. The van der Waals surface area contributed by atoms with Crippen LogP contribution < -0.4 is 5.32 Å². The third-order valence-electron chi connectivity index (χ3n) is 2.94. The first-order valence-electron chi connectivity index (χ1n) is 5.00. The largest absolute Gasteiger partial charge is 0.317 e. The van der Waals surface area contributed by atoms with Gasteiger partial charge in [0.2, 0.25) is 0 Å². The topological polar surface area (TPSA) is 29.9 Å². The first-order chi connectivity index (χ1) is 6.29. The molecule has 1 aromatic heterocycles. The average molecular weight is 179 g/mol. The fraction of sp³-hybridized carbons (Fsp3) is 0.700. The van der Waals surface area contributed by atoms with E-state index < -0.39 is 0 Å². The van der Waals surface area contributed by atoms with Crippen molar-refractivity contribution in [2.45, 2.75) is 32.7 Å². The van der Waals surface area contributed by atoms with Crippen LogP contribution in [0.3, 0.4) is 0 Å².